The molecule has 0 spiro atoms. The van der Waals surface area contributed by atoms with Crippen LogP contribution in [0, 0.1) is 11.7 Å². The van der Waals surface area contributed by atoms with E-state index in [2.05, 4.69) is 15.3 Å². The van der Waals surface area contributed by atoms with Gasteiger partial charge in [-0.1, -0.05) is 18.2 Å². The van der Waals surface area contributed by atoms with Crippen molar-refractivity contribution in [2.24, 2.45) is 13.0 Å². The summed E-state index contributed by atoms with van der Waals surface area (Å²) in [6.07, 6.45) is 4.48. The van der Waals surface area contributed by atoms with Crippen LogP contribution >= 0.6 is 0 Å². The number of nitrogens with one attached hydrogen (secondary N) is 1. The predicted molar refractivity (Wildman–Crippen MR) is 111 cm³/mol. The highest BCUT2D eigenvalue weighted by Crippen LogP contribution is 2.35. The van der Waals surface area contributed by atoms with Gasteiger partial charge in [-0.25, -0.2) is 17.8 Å². The van der Waals surface area contributed by atoms with Crippen LogP contribution in [0.25, 0.3) is 0 Å². The smallest absolute Gasteiger partial charge is 0.262 e. The second kappa shape index (κ2) is 8.56. The molecule has 10 heteroatoms. The van der Waals surface area contributed by atoms with Crippen molar-refractivity contribution in [3.8, 4) is 0 Å². The Morgan fingerprint density at radius 1 is 1.16 bits per heavy atom. The number of amides is 1. The molecule has 1 N–H and O–H groups in total. The topological polar surface area (TPSA) is 97.2 Å². The van der Waals surface area contributed by atoms with Gasteiger partial charge in [0, 0.05) is 38.4 Å². The molecule has 2 aromatic heterocycles. The number of hydrogen-bond donors (Lipinski definition) is 1. The van der Waals surface area contributed by atoms with Gasteiger partial charge in [-0.2, -0.15) is 4.31 Å². The molecule has 3 aromatic rings. The van der Waals surface area contributed by atoms with Gasteiger partial charge in [-0.15, -0.1) is 0 Å². The zero-order valence-electron chi connectivity index (χ0n) is 16.8. The van der Waals surface area contributed by atoms with Gasteiger partial charge in [0.2, 0.25) is 5.91 Å². The Bertz CT molecular complexity index is 1170. The molecule has 0 saturated carbocycles. The van der Waals surface area contributed by atoms with E-state index in [0.29, 0.717) is 11.3 Å². The number of rotatable bonds is 6. The van der Waals surface area contributed by atoms with Gasteiger partial charge < -0.3 is 9.88 Å². The first-order valence-electron chi connectivity index (χ1n) is 9.76. The zero-order valence-corrected chi connectivity index (χ0v) is 17.7. The molecule has 1 amide bonds. The summed E-state index contributed by atoms with van der Waals surface area (Å²) in [5.41, 5.74) is 1.41. The number of aryl methyl sites for hydroxylation is 1. The molecule has 1 saturated heterocycles. The van der Waals surface area contributed by atoms with Crippen LogP contribution in [0.2, 0.25) is 0 Å². The number of carbonyl (C=O) groups excluding carboxylic acids is 1. The van der Waals surface area contributed by atoms with E-state index in [1.54, 1.807) is 42.1 Å². The molecule has 3 heterocycles. The number of pyridine rings is 1. The third-order valence-electron chi connectivity index (χ3n) is 5.38. The fourth-order valence-corrected chi connectivity index (χ4v) is 5.20. The van der Waals surface area contributed by atoms with E-state index >= 15 is 0 Å². The minimum absolute atomic E-state index is 0.00893. The number of aromatic nitrogens is 3. The second-order valence-corrected chi connectivity index (χ2v) is 9.39. The molecule has 4 rings (SSSR count). The van der Waals surface area contributed by atoms with Crippen LogP contribution in [0.15, 0.2) is 66.2 Å². The first-order chi connectivity index (χ1) is 14.8. The zero-order chi connectivity index (χ0) is 22.0. The van der Waals surface area contributed by atoms with E-state index < -0.39 is 27.7 Å². The van der Waals surface area contributed by atoms with Crippen LogP contribution in [0.1, 0.15) is 17.2 Å². The number of imidazole rings is 1. The van der Waals surface area contributed by atoms with Crippen LogP contribution < -0.4 is 5.32 Å². The third kappa shape index (κ3) is 4.49. The molecule has 0 bridgehead atoms. The highest BCUT2D eigenvalue weighted by atomic mass is 32.2. The summed E-state index contributed by atoms with van der Waals surface area (Å²) < 4.78 is 42.4. The third-order valence-corrected chi connectivity index (χ3v) is 7.09. The quantitative estimate of drug-likeness (QED) is 0.625. The minimum Gasteiger partial charge on any atom is -0.350 e. The van der Waals surface area contributed by atoms with Gasteiger partial charge in [0.15, 0.2) is 5.03 Å². The Balaban J connectivity index is 1.59. The largest absolute Gasteiger partial charge is 0.350 e. The van der Waals surface area contributed by atoms with E-state index in [1.807, 2.05) is 6.07 Å². The van der Waals surface area contributed by atoms with Crippen LogP contribution in [0.5, 0.6) is 0 Å². The minimum atomic E-state index is -3.87. The molecule has 0 unspecified atom stereocenters. The number of carbonyl (C=O) groups is 1. The summed E-state index contributed by atoms with van der Waals surface area (Å²) in [5.74, 6) is -1.72. The van der Waals surface area contributed by atoms with Gasteiger partial charge in [0.25, 0.3) is 10.0 Å². The average molecular weight is 444 g/mol. The maximum atomic E-state index is 13.4. The lowest BCUT2D eigenvalue weighted by Gasteiger charge is -2.18. The summed E-state index contributed by atoms with van der Waals surface area (Å²) in [4.78, 5) is 21.2. The summed E-state index contributed by atoms with van der Waals surface area (Å²) in [6, 6.07) is 11.2. The molecule has 1 aromatic carbocycles. The predicted octanol–water partition coefficient (Wildman–Crippen LogP) is 1.67. The fraction of sp³-hybridized carbons (Fsp3) is 0.286. The Labute approximate surface area is 179 Å². The highest BCUT2D eigenvalue weighted by molar-refractivity contribution is 7.89. The Kier molecular flexibility index (Phi) is 5.84. The molecule has 162 valence electrons. The standard InChI is InChI=1S/C21H22FN5O3S/c1-26-13-20(25-14-26)31(29,30)27-11-18(15-5-7-16(22)8-6-15)19(12-27)21(28)24-10-17-4-2-3-9-23-17/h2-9,13-14,18-19H,10-12H2,1H3,(H,24,28)/t18-,19+/m0/s1. The summed E-state index contributed by atoms with van der Waals surface area (Å²) in [6.45, 7) is 0.348. The van der Waals surface area contributed by atoms with E-state index in [1.165, 1.54) is 29.0 Å². The molecule has 8 nitrogen and oxygen atoms in total. The van der Waals surface area contributed by atoms with Gasteiger partial charge in [-0.05, 0) is 29.8 Å². The number of hydrogen-bond acceptors (Lipinski definition) is 5. The Hall–Kier alpha value is -3.11. The fourth-order valence-electron chi connectivity index (χ4n) is 3.74. The molecular weight excluding hydrogens is 421 g/mol. The lowest BCUT2D eigenvalue weighted by molar-refractivity contribution is -0.125. The van der Waals surface area contributed by atoms with E-state index in [9.17, 15) is 17.6 Å². The van der Waals surface area contributed by atoms with Crippen LogP contribution in [0.4, 0.5) is 4.39 Å². The van der Waals surface area contributed by atoms with Crippen LogP contribution in [-0.2, 0) is 28.4 Å². The lowest BCUT2D eigenvalue weighted by Crippen LogP contribution is -2.35. The van der Waals surface area contributed by atoms with Gasteiger partial charge >= 0.3 is 0 Å². The Morgan fingerprint density at radius 2 is 1.94 bits per heavy atom. The number of nitrogens with zero attached hydrogens (tertiary/aromatic N) is 4. The molecule has 0 aliphatic carbocycles. The van der Waals surface area contributed by atoms with Crippen molar-refractivity contribution in [3.05, 3.63) is 78.3 Å². The first-order valence-corrected chi connectivity index (χ1v) is 11.2. The second-order valence-electron chi connectivity index (χ2n) is 7.50. The SMILES string of the molecule is Cn1cnc(S(=O)(=O)N2C[C@@H](C(=O)NCc3ccccn3)[C@H](c3ccc(F)cc3)C2)c1. The van der Waals surface area contributed by atoms with Crippen molar-refractivity contribution in [3.63, 3.8) is 0 Å². The van der Waals surface area contributed by atoms with Crippen molar-refractivity contribution >= 4 is 15.9 Å². The van der Waals surface area contributed by atoms with Crippen molar-refractivity contribution in [1.29, 1.82) is 0 Å². The number of halogens is 1. The van der Waals surface area contributed by atoms with E-state index in [4.69, 9.17) is 0 Å². The molecule has 1 aliphatic rings. The molecular formula is C21H22FN5O3S. The summed E-state index contributed by atoms with van der Waals surface area (Å²) in [5, 5.41) is 2.78. The van der Waals surface area contributed by atoms with Gasteiger partial charge in [0.1, 0.15) is 5.82 Å². The van der Waals surface area contributed by atoms with E-state index in [-0.39, 0.29) is 30.6 Å². The van der Waals surface area contributed by atoms with Crippen molar-refractivity contribution in [2.75, 3.05) is 13.1 Å². The van der Waals surface area contributed by atoms with Crippen LogP contribution in [-0.4, -0.2) is 46.3 Å². The van der Waals surface area contributed by atoms with Gasteiger partial charge in [-0.3, -0.25) is 9.78 Å². The highest BCUT2D eigenvalue weighted by Gasteiger charge is 2.44. The van der Waals surface area contributed by atoms with E-state index in [0.717, 1.165) is 0 Å². The lowest BCUT2D eigenvalue weighted by atomic mass is 9.88. The molecule has 1 aliphatic heterocycles. The van der Waals surface area contributed by atoms with Gasteiger partial charge in [0.05, 0.1) is 24.5 Å². The maximum absolute atomic E-state index is 13.4. The molecule has 0 radical (unpaired) electrons. The maximum Gasteiger partial charge on any atom is 0.262 e. The van der Waals surface area contributed by atoms with Crippen molar-refractivity contribution < 1.29 is 17.6 Å². The first kappa shape index (κ1) is 21.1. The average Bonchev–Trinajstić information content (AvgIpc) is 3.41. The van der Waals surface area contributed by atoms with Crippen LogP contribution in [0.3, 0.4) is 0 Å². The van der Waals surface area contributed by atoms with Crippen molar-refractivity contribution in [2.45, 2.75) is 17.5 Å². The molecule has 1 fully saturated rings. The van der Waals surface area contributed by atoms with Crippen molar-refractivity contribution in [1.82, 2.24) is 24.2 Å². The summed E-state index contributed by atoms with van der Waals surface area (Å²) in [7, 11) is -2.18. The molecule has 31 heavy (non-hydrogen) atoms. The summed E-state index contributed by atoms with van der Waals surface area (Å²) >= 11 is 0. The number of sulfonamides is 1. The normalized spacial score (nSPS) is 19.4. The Morgan fingerprint density at radius 3 is 2.58 bits per heavy atom. The monoisotopic (exact) mass is 443 g/mol. The number of benzene rings is 1. The molecule has 2 atom stereocenters.